The highest BCUT2D eigenvalue weighted by molar-refractivity contribution is 7.59. The summed E-state index contributed by atoms with van der Waals surface area (Å²) < 4.78 is 19.8. The second kappa shape index (κ2) is 14.6. The Morgan fingerprint density at radius 3 is 2.38 bits per heavy atom. The minimum absolute atomic E-state index is 0. The lowest BCUT2D eigenvalue weighted by atomic mass is 9.70. The number of benzene rings is 1. The molecule has 4 nitrogen and oxygen atoms in total. The highest BCUT2D eigenvalue weighted by Gasteiger charge is 2.47. The molecule has 37 heavy (non-hydrogen) atoms. The Bertz CT molecular complexity index is 853. The van der Waals surface area contributed by atoms with Crippen LogP contribution in [0.3, 0.4) is 0 Å². The number of aliphatic hydroxyl groups is 2. The van der Waals surface area contributed by atoms with Crippen molar-refractivity contribution in [1.82, 2.24) is 4.90 Å². The van der Waals surface area contributed by atoms with Crippen LogP contribution in [0.2, 0.25) is 18.1 Å². The van der Waals surface area contributed by atoms with Gasteiger partial charge in [-0.25, -0.2) is 0 Å². The molecule has 2 aliphatic rings. The van der Waals surface area contributed by atoms with E-state index in [0.29, 0.717) is 25.2 Å². The number of hydrogen-bond donors (Lipinski definition) is 2. The molecule has 0 bridgehead atoms. The molecule has 1 saturated heterocycles. The van der Waals surface area contributed by atoms with E-state index in [0.717, 1.165) is 43.7 Å². The zero-order valence-corrected chi connectivity index (χ0v) is 28.1. The molecule has 3 atom stereocenters. The van der Waals surface area contributed by atoms with Crippen LogP contribution in [0.25, 0.3) is 0 Å². The van der Waals surface area contributed by atoms with Crippen LogP contribution in [-0.2, 0) is 13.0 Å². The Morgan fingerprint density at radius 1 is 1.19 bits per heavy atom. The maximum absolute atomic E-state index is 13.2. The average molecular weight is 596 g/mol. The maximum Gasteiger partial charge on any atom is 0.250 e. The molecular weight excluding hydrogens is 542 g/mol. The Labute approximate surface area is 247 Å². The van der Waals surface area contributed by atoms with Crippen LogP contribution in [0.5, 0.6) is 5.75 Å². The fourth-order valence-corrected chi connectivity index (χ4v) is 6.51. The minimum atomic E-state index is -2.08. The van der Waals surface area contributed by atoms with Gasteiger partial charge < -0.3 is 14.6 Å². The second-order valence-corrected chi connectivity index (χ2v) is 17.4. The van der Waals surface area contributed by atoms with Crippen molar-refractivity contribution in [2.24, 2.45) is 11.8 Å². The van der Waals surface area contributed by atoms with E-state index in [-0.39, 0.29) is 70.8 Å². The van der Waals surface area contributed by atoms with Crippen LogP contribution in [0.15, 0.2) is 12.1 Å². The summed E-state index contributed by atoms with van der Waals surface area (Å²) in [6.45, 7) is 17.0. The molecule has 2 heterocycles. The van der Waals surface area contributed by atoms with Gasteiger partial charge in [0.2, 0.25) is 8.32 Å². The largest absolute Gasteiger partial charge is 0.543 e. The first-order valence-corrected chi connectivity index (χ1v) is 16.2. The quantitative estimate of drug-likeness (QED) is 0.311. The molecule has 0 spiro atoms. The number of aliphatic hydroxyl groups excluding tert-OH is 1. The second-order valence-electron chi connectivity index (χ2n) is 12.7. The number of hydrogen-bond acceptors (Lipinski definition) is 4. The SMILES string of the molecule is CC(C)CC[C@H]1CN2CCc3cc(CO)c(O[Si](C)(C)C(C)(C)C)cc3[C@@H]2C[C@@]1(O)CCC[19F].S.S.S. The first-order chi connectivity index (χ1) is 15.8. The van der Waals surface area contributed by atoms with Crippen molar-refractivity contribution in [2.75, 3.05) is 19.8 Å². The van der Waals surface area contributed by atoms with Gasteiger partial charge in [-0.05, 0) is 79.4 Å². The highest BCUT2D eigenvalue weighted by Crippen LogP contribution is 2.48. The van der Waals surface area contributed by atoms with E-state index in [2.05, 4.69) is 64.7 Å². The number of fused-ring (bicyclic) bond motifs is 3. The third-order valence-electron chi connectivity index (χ3n) is 8.73. The molecular formula is C28H54FNO3S3Si. The topological polar surface area (TPSA) is 52.9 Å². The molecule has 1 fully saturated rings. The lowest BCUT2D eigenvalue weighted by Crippen LogP contribution is -2.55. The van der Waals surface area contributed by atoms with Crippen molar-refractivity contribution in [2.45, 2.75) is 110 Å². The molecule has 9 heteroatoms. The van der Waals surface area contributed by atoms with E-state index in [1.807, 2.05) is 0 Å². The predicted octanol–water partition coefficient (Wildman–Crippen LogP) is 6.74. The van der Waals surface area contributed by atoms with E-state index in [9.17, 15) is 14.6 Å². The van der Waals surface area contributed by atoms with Gasteiger partial charge in [-0.2, -0.15) is 40.5 Å². The van der Waals surface area contributed by atoms with Gasteiger partial charge in [-0.1, -0.05) is 41.0 Å². The van der Waals surface area contributed by atoms with Crippen LogP contribution in [-0.4, -0.2) is 48.8 Å². The Morgan fingerprint density at radius 2 is 1.84 bits per heavy atom. The lowest BCUT2D eigenvalue weighted by Gasteiger charge is -2.52. The predicted molar refractivity (Wildman–Crippen MR) is 172 cm³/mol. The molecule has 0 unspecified atom stereocenters. The summed E-state index contributed by atoms with van der Waals surface area (Å²) in [7, 11) is -2.08. The lowest BCUT2D eigenvalue weighted by molar-refractivity contribution is -0.108. The summed E-state index contributed by atoms with van der Waals surface area (Å²) in [4.78, 5) is 2.53. The van der Waals surface area contributed by atoms with Gasteiger partial charge in [0, 0.05) is 30.6 Å². The third kappa shape index (κ3) is 8.54. The Kier molecular flexibility index (Phi) is 14.7. The molecule has 0 radical (unpaired) electrons. The fourth-order valence-electron chi connectivity index (χ4n) is 5.47. The number of alkyl halides is 1. The Hall–Kier alpha value is 0.0969. The summed E-state index contributed by atoms with van der Waals surface area (Å²) in [5, 5.41) is 22.0. The van der Waals surface area contributed by atoms with Gasteiger partial charge in [0.05, 0.1) is 18.9 Å². The van der Waals surface area contributed by atoms with Crippen molar-refractivity contribution in [3.63, 3.8) is 0 Å². The summed E-state index contributed by atoms with van der Waals surface area (Å²) >= 11 is 0. The van der Waals surface area contributed by atoms with Gasteiger partial charge in [0.25, 0.3) is 0 Å². The number of halogens is 1. The third-order valence-corrected chi connectivity index (χ3v) is 13.1. The summed E-state index contributed by atoms with van der Waals surface area (Å²) in [6, 6.07) is 4.39. The molecule has 3 rings (SSSR count). The monoisotopic (exact) mass is 595 g/mol. The smallest absolute Gasteiger partial charge is 0.250 e. The molecule has 2 N–H and O–H groups in total. The van der Waals surface area contributed by atoms with Gasteiger partial charge >= 0.3 is 0 Å². The molecule has 1 aromatic rings. The molecule has 218 valence electrons. The van der Waals surface area contributed by atoms with Crippen LogP contribution in [0.1, 0.15) is 89.5 Å². The van der Waals surface area contributed by atoms with Crippen LogP contribution >= 0.6 is 40.5 Å². The van der Waals surface area contributed by atoms with Crippen molar-refractivity contribution >= 4 is 48.8 Å². The van der Waals surface area contributed by atoms with E-state index >= 15 is 0 Å². The molecule has 0 aromatic heterocycles. The molecule has 1 aromatic carbocycles. The van der Waals surface area contributed by atoms with Crippen LogP contribution < -0.4 is 4.43 Å². The maximum atomic E-state index is 13.2. The van der Waals surface area contributed by atoms with Crippen LogP contribution in [0.4, 0.5) is 4.39 Å². The fraction of sp³-hybridized carbons (Fsp3) is 0.786. The molecule has 0 amide bonds. The van der Waals surface area contributed by atoms with Crippen LogP contribution in [0, 0.1) is 11.8 Å². The van der Waals surface area contributed by atoms with E-state index in [1.165, 1.54) is 11.1 Å². The zero-order chi connectivity index (χ0) is 25.3. The number of rotatable bonds is 9. The van der Waals surface area contributed by atoms with Gasteiger partial charge in [-0.3, -0.25) is 9.29 Å². The summed E-state index contributed by atoms with van der Waals surface area (Å²) in [5.41, 5.74) is 2.49. The standard InChI is InChI=1S/C28H48FNO3Si.3H2S/c1-20(2)9-10-23-18-30-14-11-21-15-22(19-31)26(33-34(6,7)27(3,4)5)16-24(21)25(30)17-28(23,32)12-8-13-29;;;/h15-16,20,23,25,31-32H,8-14,17-19H2,1-7H3;3*1H2/t23-,25-,28-;;;/m0.../s1/i29+0;;;. The van der Waals surface area contributed by atoms with Crippen molar-refractivity contribution in [1.29, 1.82) is 0 Å². The molecule has 2 aliphatic heterocycles. The number of piperidine rings is 1. The van der Waals surface area contributed by atoms with Crippen molar-refractivity contribution in [3.8, 4) is 5.75 Å². The number of nitrogens with zero attached hydrogens (tertiary/aromatic N) is 1. The highest BCUT2D eigenvalue weighted by atomic mass is 32.1. The molecule has 0 aliphatic carbocycles. The van der Waals surface area contributed by atoms with Crippen molar-refractivity contribution in [3.05, 3.63) is 28.8 Å². The first kappa shape index (κ1) is 37.1. The first-order valence-electron chi connectivity index (χ1n) is 13.3. The average Bonchev–Trinajstić information content (AvgIpc) is 2.75. The summed E-state index contributed by atoms with van der Waals surface area (Å²) in [5.74, 6) is 1.57. The van der Waals surface area contributed by atoms with Gasteiger partial charge in [0.15, 0.2) is 0 Å². The normalized spacial score (nSPS) is 23.8. The Balaban J connectivity index is 0.00000432. The van der Waals surface area contributed by atoms with Crippen molar-refractivity contribution < 1.29 is 19.0 Å². The zero-order valence-electron chi connectivity index (χ0n) is 24.1. The van der Waals surface area contributed by atoms with Gasteiger partial charge in [-0.15, -0.1) is 0 Å². The van der Waals surface area contributed by atoms with E-state index in [4.69, 9.17) is 4.43 Å². The minimum Gasteiger partial charge on any atom is -0.543 e. The van der Waals surface area contributed by atoms with E-state index in [1.54, 1.807) is 0 Å². The summed E-state index contributed by atoms with van der Waals surface area (Å²) in [6.07, 6.45) is 4.59. The van der Waals surface area contributed by atoms with Gasteiger partial charge in [0.1, 0.15) is 5.75 Å². The molecule has 0 saturated carbocycles. The van der Waals surface area contributed by atoms with E-state index < -0.39 is 13.9 Å².